The minimum Gasteiger partial charge on any atom is -0.329 e. The molecule has 3 atom stereocenters. The van der Waals surface area contributed by atoms with Crippen molar-refractivity contribution in [2.24, 2.45) is 23.5 Å². The molecule has 0 aromatic rings. The van der Waals surface area contributed by atoms with Gasteiger partial charge in [0.1, 0.15) is 0 Å². The first kappa shape index (κ1) is 13.4. The second-order valence-corrected chi connectivity index (χ2v) is 6.47. The minimum absolute atomic E-state index is 0.801. The van der Waals surface area contributed by atoms with Crippen LogP contribution < -0.4 is 5.73 Å². The van der Waals surface area contributed by atoms with Crippen molar-refractivity contribution in [2.75, 3.05) is 26.7 Å². The van der Waals surface area contributed by atoms with E-state index in [1.165, 1.54) is 57.9 Å². The summed E-state index contributed by atoms with van der Waals surface area (Å²) in [6, 6.07) is 0. The zero-order valence-corrected chi connectivity index (χ0v) is 11.5. The van der Waals surface area contributed by atoms with Crippen LogP contribution in [0.25, 0.3) is 0 Å². The van der Waals surface area contributed by atoms with Crippen molar-refractivity contribution in [3.05, 3.63) is 0 Å². The van der Waals surface area contributed by atoms with Gasteiger partial charge >= 0.3 is 0 Å². The molecule has 0 aromatic carbocycles. The third-order valence-corrected chi connectivity index (χ3v) is 4.94. The van der Waals surface area contributed by atoms with Crippen molar-refractivity contribution in [1.82, 2.24) is 4.90 Å². The number of fused-ring (bicyclic) bond motifs is 3. The zero-order valence-electron chi connectivity index (χ0n) is 11.5. The lowest BCUT2D eigenvalue weighted by atomic mass is 9.81. The molecule has 100 valence electrons. The maximum Gasteiger partial charge on any atom is 0.0102 e. The van der Waals surface area contributed by atoms with Crippen LogP contribution in [0.1, 0.15) is 51.4 Å². The number of likely N-dealkylation sites (N-methyl/N-ethyl adjacent to an activating group) is 1. The van der Waals surface area contributed by atoms with Gasteiger partial charge in [0.2, 0.25) is 0 Å². The van der Waals surface area contributed by atoms with Crippen molar-refractivity contribution < 1.29 is 0 Å². The number of nitrogens with two attached hydrogens (primary N) is 1. The standard InChI is InChI=1S/C15H30N2/c1-17(10-9-16)12-15-8-6-13-3-2-4-14(11-15)7-5-13/h13-15H,2-12,16H2,1H3. The van der Waals surface area contributed by atoms with Gasteiger partial charge in [-0.15, -0.1) is 0 Å². The molecule has 17 heavy (non-hydrogen) atoms. The maximum atomic E-state index is 5.63. The third kappa shape index (κ3) is 4.26. The van der Waals surface area contributed by atoms with Gasteiger partial charge in [-0.2, -0.15) is 0 Å². The highest BCUT2D eigenvalue weighted by Gasteiger charge is 2.26. The summed E-state index contributed by atoms with van der Waals surface area (Å²) in [6.07, 6.45) is 12.0. The monoisotopic (exact) mass is 238 g/mol. The number of hydrogen-bond donors (Lipinski definition) is 1. The summed E-state index contributed by atoms with van der Waals surface area (Å²) in [7, 11) is 2.23. The van der Waals surface area contributed by atoms with Crippen LogP contribution in [0.5, 0.6) is 0 Å². The summed E-state index contributed by atoms with van der Waals surface area (Å²) in [4.78, 5) is 2.44. The molecule has 0 heterocycles. The predicted molar refractivity (Wildman–Crippen MR) is 74.0 cm³/mol. The van der Waals surface area contributed by atoms with Crippen molar-refractivity contribution in [3.63, 3.8) is 0 Å². The third-order valence-electron chi connectivity index (χ3n) is 4.94. The van der Waals surface area contributed by atoms with Crippen molar-refractivity contribution >= 4 is 0 Å². The Morgan fingerprint density at radius 1 is 1.00 bits per heavy atom. The molecule has 2 bridgehead atoms. The predicted octanol–water partition coefficient (Wildman–Crippen LogP) is 2.87. The van der Waals surface area contributed by atoms with Gasteiger partial charge in [-0.25, -0.2) is 0 Å². The molecular weight excluding hydrogens is 208 g/mol. The molecule has 0 aromatic heterocycles. The molecule has 2 aliphatic carbocycles. The fourth-order valence-corrected chi connectivity index (χ4v) is 3.96. The van der Waals surface area contributed by atoms with Gasteiger partial charge in [-0.1, -0.05) is 38.5 Å². The average molecular weight is 238 g/mol. The summed E-state index contributed by atoms with van der Waals surface area (Å²) in [5, 5.41) is 0. The lowest BCUT2D eigenvalue weighted by Crippen LogP contribution is -2.32. The Morgan fingerprint density at radius 3 is 2.53 bits per heavy atom. The van der Waals surface area contributed by atoms with Crippen LogP contribution in [0.15, 0.2) is 0 Å². The fraction of sp³-hybridized carbons (Fsp3) is 1.00. The van der Waals surface area contributed by atoms with E-state index < -0.39 is 0 Å². The van der Waals surface area contributed by atoms with Crippen LogP contribution in [0, 0.1) is 17.8 Å². The van der Waals surface area contributed by atoms with Crippen LogP contribution in [-0.4, -0.2) is 31.6 Å². The Kier molecular flexibility index (Phi) is 5.30. The van der Waals surface area contributed by atoms with Gasteiger partial charge in [0, 0.05) is 19.6 Å². The molecule has 0 radical (unpaired) electrons. The Bertz CT molecular complexity index is 217. The highest BCUT2D eigenvalue weighted by atomic mass is 15.1. The van der Waals surface area contributed by atoms with Crippen molar-refractivity contribution in [1.29, 1.82) is 0 Å². The molecule has 2 nitrogen and oxygen atoms in total. The number of hydrogen-bond acceptors (Lipinski definition) is 2. The Hall–Kier alpha value is -0.0800. The highest BCUT2D eigenvalue weighted by molar-refractivity contribution is 4.79. The van der Waals surface area contributed by atoms with Crippen molar-refractivity contribution in [2.45, 2.75) is 51.4 Å². The topological polar surface area (TPSA) is 29.3 Å². The average Bonchev–Trinajstić information content (AvgIpc) is 2.44. The first-order valence-corrected chi connectivity index (χ1v) is 7.66. The van der Waals surface area contributed by atoms with Crippen LogP contribution in [0.2, 0.25) is 0 Å². The lowest BCUT2D eigenvalue weighted by molar-refractivity contribution is 0.208. The highest BCUT2D eigenvalue weighted by Crippen LogP contribution is 2.38. The maximum absolute atomic E-state index is 5.63. The molecule has 0 aliphatic heterocycles. The molecule has 2 N–H and O–H groups in total. The van der Waals surface area contributed by atoms with E-state index in [0.29, 0.717) is 0 Å². The van der Waals surface area contributed by atoms with Crippen LogP contribution in [-0.2, 0) is 0 Å². The Labute approximate surface area is 107 Å². The van der Waals surface area contributed by atoms with Gasteiger partial charge in [0.15, 0.2) is 0 Å². The number of nitrogens with zero attached hydrogens (tertiary/aromatic N) is 1. The fourth-order valence-electron chi connectivity index (χ4n) is 3.96. The summed E-state index contributed by atoms with van der Waals surface area (Å²) >= 11 is 0. The van der Waals surface area contributed by atoms with Gasteiger partial charge in [0.05, 0.1) is 0 Å². The first-order chi connectivity index (χ1) is 8.28. The quantitative estimate of drug-likeness (QED) is 0.816. The van der Waals surface area contributed by atoms with E-state index in [1.54, 1.807) is 0 Å². The van der Waals surface area contributed by atoms with E-state index in [-0.39, 0.29) is 0 Å². The number of rotatable bonds is 4. The largest absolute Gasteiger partial charge is 0.329 e. The molecule has 0 spiro atoms. The van der Waals surface area contributed by atoms with E-state index in [1.807, 2.05) is 0 Å². The van der Waals surface area contributed by atoms with E-state index in [2.05, 4.69) is 11.9 Å². The molecule has 0 saturated heterocycles. The van der Waals surface area contributed by atoms with Gasteiger partial charge < -0.3 is 10.6 Å². The second kappa shape index (κ2) is 6.75. The molecule has 2 fully saturated rings. The molecule has 2 saturated carbocycles. The Morgan fingerprint density at radius 2 is 1.71 bits per heavy atom. The van der Waals surface area contributed by atoms with E-state index in [4.69, 9.17) is 5.73 Å². The van der Waals surface area contributed by atoms with Crippen LogP contribution >= 0.6 is 0 Å². The normalized spacial score (nSPS) is 34.4. The zero-order chi connectivity index (χ0) is 12.1. The summed E-state index contributed by atoms with van der Waals surface area (Å²) < 4.78 is 0. The minimum atomic E-state index is 0.801. The SMILES string of the molecule is CN(CCN)CC1CCC2CCCC(CC2)C1. The lowest BCUT2D eigenvalue weighted by Gasteiger charge is -2.29. The van der Waals surface area contributed by atoms with Crippen molar-refractivity contribution in [3.8, 4) is 0 Å². The Balaban J connectivity index is 1.85. The molecule has 2 aliphatic rings. The molecule has 0 amide bonds. The van der Waals surface area contributed by atoms with E-state index >= 15 is 0 Å². The molecule has 3 unspecified atom stereocenters. The first-order valence-electron chi connectivity index (χ1n) is 7.66. The van der Waals surface area contributed by atoms with Crippen LogP contribution in [0.4, 0.5) is 0 Å². The smallest absolute Gasteiger partial charge is 0.0102 e. The molecule has 2 heteroatoms. The van der Waals surface area contributed by atoms with Gasteiger partial charge in [-0.05, 0) is 37.6 Å². The molecular formula is C15H30N2. The van der Waals surface area contributed by atoms with Gasteiger partial charge in [0.25, 0.3) is 0 Å². The summed E-state index contributed by atoms with van der Waals surface area (Å²) in [5.41, 5.74) is 5.63. The van der Waals surface area contributed by atoms with Gasteiger partial charge in [-0.3, -0.25) is 0 Å². The summed E-state index contributed by atoms with van der Waals surface area (Å²) in [5.74, 6) is 3.04. The van der Waals surface area contributed by atoms with E-state index in [9.17, 15) is 0 Å². The van der Waals surface area contributed by atoms with E-state index in [0.717, 1.165) is 30.8 Å². The molecule has 2 rings (SSSR count). The van der Waals surface area contributed by atoms with Crippen LogP contribution in [0.3, 0.4) is 0 Å². The second-order valence-electron chi connectivity index (χ2n) is 6.47. The summed E-state index contributed by atoms with van der Waals surface area (Å²) in [6.45, 7) is 3.14.